The van der Waals surface area contributed by atoms with Crippen LogP contribution < -0.4 is 4.72 Å². The predicted molar refractivity (Wildman–Crippen MR) is 94.5 cm³/mol. The summed E-state index contributed by atoms with van der Waals surface area (Å²) in [6.07, 6.45) is 0. The zero-order chi connectivity index (χ0) is 19.3. The molecule has 11 heteroatoms. The highest BCUT2D eigenvalue weighted by molar-refractivity contribution is 7.89. The van der Waals surface area contributed by atoms with Crippen molar-refractivity contribution in [2.75, 3.05) is 6.54 Å². The van der Waals surface area contributed by atoms with E-state index in [9.17, 15) is 23.3 Å². The van der Waals surface area contributed by atoms with Crippen molar-refractivity contribution in [3.8, 4) is 0 Å². The van der Waals surface area contributed by atoms with Crippen LogP contribution in [0.2, 0.25) is 10.0 Å². The third-order valence-corrected chi connectivity index (χ3v) is 5.29. The van der Waals surface area contributed by atoms with Gasteiger partial charge in [0.1, 0.15) is 13.2 Å². The van der Waals surface area contributed by atoms with Crippen molar-refractivity contribution in [3.63, 3.8) is 0 Å². The van der Waals surface area contributed by atoms with E-state index in [1.165, 1.54) is 36.4 Å². The number of carbonyl (C=O) groups excluding carboxylic acids is 1. The number of esters is 1. The van der Waals surface area contributed by atoms with Crippen molar-refractivity contribution in [1.82, 2.24) is 4.72 Å². The Morgan fingerprint density at radius 1 is 1.12 bits per heavy atom. The molecule has 1 N–H and O–H groups in total. The molecule has 0 aliphatic rings. The highest BCUT2D eigenvalue weighted by Gasteiger charge is 2.17. The number of non-ortho nitro benzene ring substituents is 1. The Hall–Kier alpha value is -2.20. The van der Waals surface area contributed by atoms with E-state index in [-0.39, 0.29) is 27.2 Å². The summed E-state index contributed by atoms with van der Waals surface area (Å²) < 4.78 is 31.2. The Kier molecular flexibility index (Phi) is 6.54. The van der Waals surface area contributed by atoms with E-state index < -0.39 is 27.5 Å². The van der Waals surface area contributed by atoms with Gasteiger partial charge in [-0.05, 0) is 35.9 Å². The van der Waals surface area contributed by atoms with Gasteiger partial charge in [0.2, 0.25) is 10.0 Å². The van der Waals surface area contributed by atoms with Gasteiger partial charge in [0, 0.05) is 12.1 Å². The largest absolute Gasteiger partial charge is 0.460 e. The van der Waals surface area contributed by atoms with Gasteiger partial charge in [-0.25, -0.2) is 8.42 Å². The van der Waals surface area contributed by atoms with Crippen molar-refractivity contribution in [3.05, 3.63) is 68.2 Å². The molecule has 0 amide bonds. The SMILES string of the molecule is O=C(CNS(=O)(=O)c1ccc(Cl)c(Cl)c1)OCc1ccc([N+](=O)[O-])cc1. The van der Waals surface area contributed by atoms with E-state index in [1.807, 2.05) is 0 Å². The van der Waals surface area contributed by atoms with E-state index in [0.29, 0.717) is 5.56 Å². The van der Waals surface area contributed by atoms with Crippen LogP contribution in [0.25, 0.3) is 0 Å². The summed E-state index contributed by atoms with van der Waals surface area (Å²) in [5.74, 6) is -0.813. The molecule has 0 saturated heterocycles. The van der Waals surface area contributed by atoms with Gasteiger partial charge >= 0.3 is 5.97 Å². The van der Waals surface area contributed by atoms with E-state index in [4.69, 9.17) is 27.9 Å². The van der Waals surface area contributed by atoms with Gasteiger partial charge in [0.05, 0.1) is 19.9 Å². The van der Waals surface area contributed by atoms with Crippen molar-refractivity contribution in [2.24, 2.45) is 0 Å². The molecule has 138 valence electrons. The third-order valence-electron chi connectivity index (χ3n) is 3.15. The average molecular weight is 419 g/mol. The van der Waals surface area contributed by atoms with Crippen molar-refractivity contribution >= 4 is 44.9 Å². The van der Waals surface area contributed by atoms with Crippen molar-refractivity contribution in [1.29, 1.82) is 0 Å². The molecule has 0 unspecified atom stereocenters. The van der Waals surface area contributed by atoms with E-state index in [2.05, 4.69) is 4.72 Å². The van der Waals surface area contributed by atoms with Crippen LogP contribution in [0, 0.1) is 10.1 Å². The number of nitro groups is 1. The lowest BCUT2D eigenvalue weighted by molar-refractivity contribution is -0.384. The number of hydrogen-bond acceptors (Lipinski definition) is 6. The van der Waals surface area contributed by atoms with Crippen LogP contribution >= 0.6 is 23.2 Å². The molecule has 0 aliphatic carbocycles. The molecular weight excluding hydrogens is 407 g/mol. The second kappa shape index (κ2) is 8.45. The molecule has 0 bridgehead atoms. The Morgan fingerprint density at radius 2 is 1.77 bits per heavy atom. The van der Waals surface area contributed by atoms with Crippen LogP contribution in [-0.2, 0) is 26.2 Å². The predicted octanol–water partition coefficient (Wildman–Crippen LogP) is 2.92. The lowest BCUT2D eigenvalue weighted by atomic mass is 10.2. The average Bonchev–Trinajstić information content (AvgIpc) is 2.60. The maximum atomic E-state index is 12.1. The first-order valence-electron chi connectivity index (χ1n) is 7.03. The Morgan fingerprint density at radius 3 is 2.35 bits per heavy atom. The quantitative estimate of drug-likeness (QED) is 0.419. The summed E-state index contributed by atoms with van der Waals surface area (Å²) in [5.41, 5.74) is 0.436. The maximum absolute atomic E-state index is 12.1. The molecule has 0 radical (unpaired) electrons. The summed E-state index contributed by atoms with van der Waals surface area (Å²) in [7, 11) is -3.96. The summed E-state index contributed by atoms with van der Waals surface area (Å²) in [6.45, 7) is -0.735. The van der Waals surface area contributed by atoms with Gasteiger partial charge in [-0.2, -0.15) is 4.72 Å². The van der Waals surface area contributed by atoms with Crippen molar-refractivity contribution in [2.45, 2.75) is 11.5 Å². The monoisotopic (exact) mass is 418 g/mol. The Balaban J connectivity index is 1.89. The molecule has 2 aromatic rings. The number of hydrogen-bond donors (Lipinski definition) is 1. The molecule has 0 spiro atoms. The Labute approximate surface area is 158 Å². The van der Waals surface area contributed by atoms with Gasteiger partial charge in [-0.15, -0.1) is 0 Å². The number of carbonyl (C=O) groups is 1. The third kappa shape index (κ3) is 5.40. The molecule has 0 atom stereocenters. The highest BCUT2D eigenvalue weighted by Crippen LogP contribution is 2.24. The fourth-order valence-electron chi connectivity index (χ4n) is 1.81. The summed E-state index contributed by atoms with van der Waals surface area (Å²) in [5, 5.41) is 10.8. The van der Waals surface area contributed by atoms with Crippen molar-refractivity contribution < 1.29 is 22.9 Å². The molecule has 0 fully saturated rings. The number of nitro benzene ring substituents is 1. The number of nitrogens with one attached hydrogen (secondary N) is 1. The van der Waals surface area contributed by atoms with Gasteiger partial charge in [-0.3, -0.25) is 14.9 Å². The molecule has 0 aliphatic heterocycles. The number of nitrogens with zero attached hydrogens (tertiary/aromatic N) is 1. The number of halogens is 2. The van der Waals surface area contributed by atoms with Gasteiger partial charge < -0.3 is 4.74 Å². The molecule has 0 heterocycles. The van der Waals surface area contributed by atoms with E-state index >= 15 is 0 Å². The van der Waals surface area contributed by atoms with Gasteiger partial charge in [0.25, 0.3) is 5.69 Å². The lowest BCUT2D eigenvalue weighted by Gasteiger charge is -2.08. The zero-order valence-electron chi connectivity index (χ0n) is 13.0. The molecular formula is C15H12Cl2N2O6S. The summed E-state index contributed by atoms with van der Waals surface area (Å²) in [4.78, 5) is 21.5. The molecule has 2 rings (SSSR count). The van der Waals surface area contributed by atoms with Crippen LogP contribution in [-0.4, -0.2) is 25.9 Å². The fourth-order valence-corrected chi connectivity index (χ4v) is 3.17. The van der Waals surface area contributed by atoms with Crippen LogP contribution in [0.5, 0.6) is 0 Å². The minimum absolute atomic E-state index is 0.0651. The van der Waals surface area contributed by atoms with Crippen LogP contribution in [0.3, 0.4) is 0 Å². The number of rotatable bonds is 7. The smallest absolute Gasteiger partial charge is 0.321 e. The first kappa shape index (κ1) is 20.1. The van der Waals surface area contributed by atoms with Crippen LogP contribution in [0.1, 0.15) is 5.56 Å². The summed E-state index contributed by atoms with van der Waals surface area (Å²) in [6, 6.07) is 9.15. The molecule has 2 aromatic carbocycles. The second-order valence-corrected chi connectivity index (χ2v) is 7.57. The first-order valence-corrected chi connectivity index (χ1v) is 9.26. The fraction of sp³-hybridized carbons (Fsp3) is 0.133. The van der Waals surface area contributed by atoms with E-state index in [1.54, 1.807) is 0 Å². The topological polar surface area (TPSA) is 116 Å². The summed E-state index contributed by atoms with van der Waals surface area (Å²) >= 11 is 11.5. The van der Waals surface area contributed by atoms with E-state index in [0.717, 1.165) is 6.07 Å². The molecule has 26 heavy (non-hydrogen) atoms. The standard InChI is InChI=1S/C15H12Cl2N2O6S/c16-13-6-5-12(7-14(13)17)26(23,24)18-8-15(20)25-9-10-1-3-11(4-2-10)19(21)22/h1-7,18H,8-9H2. The highest BCUT2D eigenvalue weighted by atomic mass is 35.5. The number of benzene rings is 2. The molecule has 0 aromatic heterocycles. The minimum atomic E-state index is -3.96. The Bertz CT molecular complexity index is 932. The number of sulfonamides is 1. The second-order valence-electron chi connectivity index (χ2n) is 4.98. The molecule has 0 saturated carbocycles. The first-order chi connectivity index (χ1) is 12.2. The normalized spacial score (nSPS) is 11.2. The number of ether oxygens (including phenoxy) is 1. The lowest BCUT2D eigenvalue weighted by Crippen LogP contribution is -2.30. The van der Waals surface area contributed by atoms with Crippen LogP contribution in [0.4, 0.5) is 5.69 Å². The maximum Gasteiger partial charge on any atom is 0.321 e. The molecule has 8 nitrogen and oxygen atoms in total. The zero-order valence-corrected chi connectivity index (χ0v) is 15.3. The van der Waals surface area contributed by atoms with Crippen LogP contribution in [0.15, 0.2) is 47.4 Å². The van der Waals surface area contributed by atoms with Gasteiger partial charge in [0.15, 0.2) is 0 Å². The van der Waals surface area contributed by atoms with Gasteiger partial charge in [-0.1, -0.05) is 23.2 Å². The minimum Gasteiger partial charge on any atom is -0.460 e.